The van der Waals surface area contributed by atoms with E-state index in [0.717, 1.165) is 57.8 Å². The molecule has 3 nitrogen and oxygen atoms in total. The number of aliphatic hydroxyl groups excluding tert-OH is 2. The van der Waals surface area contributed by atoms with Crippen LogP contribution in [0.15, 0.2) is 11.6 Å². The highest BCUT2D eigenvalue weighted by Crippen LogP contribution is 2.75. The van der Waals surface area contributed by atoms with Gasteiger partial charge in [-0.3, -0.25) is 0 Å². The Labute approximate surface area is 203 Å². The van der Waals surface area contributed by atoms with Gasteiger partial charge in [-0.2, -0.15) is 0 Å². The summed E-state index contributed by atoms with van der Waals surface area (Å²) in [4.78, 5) is 0. The Bertz CT molecular complexity index is 779. The van der Waals surface area contributed by atoms with Crippen molar-refractivity contribution >= 4 is 0 Å². The van der Waals surface area contributed by atoms with E-state index in [4.69, 9.17) is 0 Å². The Hall–Kier alpha value is -0.380. The van der Waals surface area contributed by atoms with E-state index in [9.17, 15) is 15.3 Å². The first kappa shape index (κ1) is 25.7. The summed E-state index contributed by atoms with van der Waals surface area (Å²) in [5.74, 6) is 1.61. The van der Waals surface area contributed by atoms with Crippen molar-refractivity contribution in [3.63, 3.8) is 0 Å². The fourth-order valence-corrected chi connectivity index (χ4v) is 10.3. The molecule has 4 aliphatic carbocycles. The first-order valence-corrected chi connectivity index (χ1v) is 13.8. The van der Waals surface area contributed by atoms with Gasteiger partial charge in [0, 0.05) is 5.41 Å². The molecular weight excluding hydrogens is 408 g/mol. The van der Waals surface area contributed by atoms with Crippen LogP contribution < -0.4 is 0 Å². The first-order chi connectivity index (χ1) is 15.1. The number of fused-ring (bicyclic) bond motifs is 5. The van der Waals surface area contributed by atoms with Gasteiger partial charge in [0.15, 0.2) is 0 Å². The molecule has 33 heavy (non-hydrogen) atoms. The van der Waals surface area contributed by atoms with Crippen LogP contribution in [0.3, 0.4) is 0 Å². The molecule has 10 atom stereocenters. The summed E-state index contributed by atoms with van der Waals surface area (Å²) in [7, 11) is 0. The summed E-state index contributed by atoms with van der Waals surface area (Å²) in [6.45, 7) is 18.2. The van der Waals surface area contributed by atoms with Gasteiger partial charge < -0.3 is 15.3 Å². The molecule has 0 saturated heterocycles. The van der Waals surface area contributed by atoms with Crippen LogP contribution >= 0.6 is 0 Å². The average Bonchev–Trinajstić information content (AvgIpc) is 3.07. The minimum absolute atomic E-state index is 0.0503. The molecule has 190 valence electrons. The lowest BCUT2D eigenvalue weighted by Crippen LogP contribution is -2.68. The van der Waals surface area contributed by atoms with Crippen LogP contribution in [0.5, 0.6) is 0 Å². The van der Waals surface area contributed by atoms with E-state index in [2.05, 4.69) is 61.5 Å². The Morgan fingerprint density at radius 3 is 2.21 bits per heavy atom. The highest BCUT2D eigenvalue weighted by Gasteiger charge is 2.72. The molecular formula is C30H52O3. The van der Waals surface area contributed by atoms with Gasteiger partial charge in [-0.05, 0) is 118 Å². The van der Waals surface area contributed by atoms with Crippen molar-refractivity contribution in [2.24, 2.45) is 45.3 Å². The van der Waals surface area contributed by atoms with Crippen molar-refractivity contribution in [1.82, 2.24) is 0 Å². The lowest BCUT2D eigenvalue weighted by atomic mass is 9.34. The first-order valence-electron chi connectivity index (χ1n) is 13.8. The highest BCUT2D eigenvalue weighted by molar-refractivity contribution is 5.20. The van der Waals surface area contributed by atoms with Crippen LogP contribution in [0.2, 0.25) is 0 Å². The number of hydrogen-bond acceptors (Lipinski definition) is 3. The molecule has 4 aliphatic rings. The zero-order valence-electron chi connectivity index (χ0n) is 22.7. The summed E-state index contributed by atoms with van der Waals surface area (Å²) in [5.41, 5.74) is 0.595. The van der Waals surface area contributed by atoms with Gasteiger partial charge in [0.05, 0.1) is 17.8 Å². The summed E-state index contributed by atoms with van der Waals surface area (Å²) in [6.07, 6.45) is 10.6. The molecule has 4 rings (SSSR count). The monoisotopic (exact) mass is 460 g/mol. The molecule has 0 aromatic rings. The van der Waals surface area contributed by atoms with E-state index in [1.165, 1.54) is 5.57 Å². The highest BCUT2D eigenvalue weighted by atomic mass is 16.3. The maximum absolute atomic E-state index is 11.9. The fourth-order valence-electron chi connectivity index (χ4n) is 10.3. The topological polar surface area (TPSA) is 60.7 Å². The van der Waals surface area contributed by atoms with Gasteiger partial charge in [-0.15, -0.1) is 0 Å². The Kier molecular flexibility index (Phi) is 6.28. The van der Waals surface area contributed by atoms with E-state index in [1.54, 1.807) is 0 Å². The third-order valence-corrected chi connectivity index (χ3v) is 12.5. The standard InChI is InChI=1S/C30H52O3/c1-19(2)10-9-15-29(7,33)21-13-17-28(6)20(21)11-12-22-27(5)16-14-24(31)26(3,4)23(27)18-25(32)30(22,28)8/h10,20-25,31-33H,9,11-18H2,1-8H3/t20-,21+,22-,23+,24+,25+,27-,28-,29+,30+/m1/s1. The maximum Gasteiger partial charge on any atom is 0.0653 e. The quantitative estimate of drug-likeness (QED) is 0.420. The number of aliphatic hydroxyl groups is 3. The van der Waals surface area contributed by atoms with Crippen molar-refractivity contribution in [2.45, 2.75) is 131 Å². The largest absolute Gasteiger partial charge is 0.393 e. The van der Waals surface area contributed by atoms with Crippen molar-refractivity contribution in [1.29, 1.82) is 0 Å². The minimum Gasteiger partial charge on any atom is -0.393 e. The van der Waals surface area contributed by atoms with Crippen molar-refractivity contribution in [3.05, 3.63) is 11.6 Å². The lowest BCUT2D eigenvalue weighted by Gasteiger charge is -2.71. The predicted molar refractivity (Wildman–Crippen MR) is 136 cm³/mol. The average molecular weight is 461 g/mol. The molecule has 0 unspecified atom stereocenters. The van der Waals surface area contributed by atoms with Crippen LogP contribution in [0.4, 0.5) is 0 Å². The maximum atomic E-state index is 11.9. The van der Waals surface area contributed by atoms with Crippen LogP contribution in [0, 0.1) is 45.3 Å². The Morgan fingerprint density at radius 2 is 1.58 bits per heavy atom. The second kappa shape index (κ2) is 8.07. The zero-order valence-corrected chi connectivity index (χ0v) is 22.7. The molecule has 0 heterocycles. The van der Waals surface area contributed by atoms with Gasteiger partial charge in [0.2, 0.25) is 0 Å². The molecule has 3 N–H and O–H groups in total. The van der Waals surface area contributed by atoms with Crippen molar-refractivity contribution in [3.8, 4) is 0 Å². The number of hydrogen-bond donors (Lipinski definition) is 3. The molecule has 0 spiro atoms. The van der Waals surface area contributed by atoms with Crippen molar-refractivity contribution < 1.29 is 15.3 Å². The van der Waals surface area contributed by atoms with Gasteiger partial charge in [-0.1, -0.05) is 46.3 Å². The lowest BCUT2D eigenvalue weighted by molar-refractivity contribution is -0.264. The van der Waals surface area contributed by atoms with E-state index in [0.29, 0.717) is 23.7 Å². The van der Waals surface area contributed by atoms with Gasteiger partial charge >= 0.3 is 0 Å². The van der Waals surface area contributed by atoms with Crippen LogP contribution in [0.1, 0.15) is 113 Å². The number of allylic oxidation sites excluding steroid dienone is 2. The molecule has 0 aromatic carbocycles. The molecule has 0 amide bonds. The number of rotatable bonds is 4. The van der Waals surface area contributed by atoms with Crippen LogP contribution in [0.25, 0.3) is 0 Å². The third kappa shape index (κ3) is 3.53. The molecule has 0 bridgehead atoms. The summed E-state index contributed by atoms with van der Waals surface area (Å²) < 4.78 is 0. The summed E-state index contributed by atoms with van der Waals surface area (Å²) >= 11 is 0. The van der Waals surface area contributed by atoms with E-state index >= 15 is 0 Å². The van der Waals surface area contributed by atoms with E-state index in [1.807, 2.05) is 0 Å². The molecule has 4 fully saturated rings. The molecule has 4 saturated carbocycles. The van der Waals surface area contributed by atoms with Gasteiger partial charge in [0.25, 0.3) is 0 Å². The van der Waals surface area contributed by atoms with Crippen LogP contribution in [-0.4, -0.2) is 33.1 Å². The fraction of sp³-hybridized carbons (Fsp3) is 0.933. The second-order valence-corrected chi connectivity index (χ2v) is 14.4. The molecule has 0 aromatic heterocycles. The second-order valence-electron chi connectivity index (χ2n) is 14.4. The normalized spacial score (nSPS) is 50.5. The van der Waals surface area contributed by atoms with E-state index < -0.39 is 5.60 Å². The molecule has 3 heteroatoms. The molecule has 0 aliphatic heterocycles. The van der Waals surface area contributed by atoms with Gasteiger partial charge in [-0.25, -0.2) is 0 Å². The van der Waals surface area contributed by atoms with Gasteiger partial charge in [0.1, 0.15) is 0 Å². The Balaban J connectivity index is 1.66. The smallest absolute Gasteiger partial charge is 0.0653 e. The van der Waals surface area contributed by atoms with E-state index in [-0.39, 0.29) is 33.9 Å². The minimum atomic E-state index is -0.652. The zero-order chi connectivity index (χ0) is 24.6. The third-order valence-electron chi connectivity index (χ3n) is 12.5. The van der Waals surface area contributed by atoms with Crippen molar-refractivity contribution in [2.75, 3.05) is 0 Å². The predicted octanol–water partition coefficient (Wildman–Crippen LogP) is 6.50. The SMILES string of the molecule is CC(C)=CCC[C@](C)(O)[C@H]1CC[C@]2(C)[C@@H]1CC[C@@H]1[C@@]3(C)CC[C@H](O)C(C)(C)[C@@H]3C[C@H](O)[C@]12C. The molecule has 0 radical (unpaired) electrons. The summed E-state index contributed by atoms with van der Waals surface area (Å²) in [5, 5.41) is 34.4. The summed E-state index contributed by atoms with van der Waals surface area (Å²) in [6, 6.07) is 0. The Morgan fingerprint density at radius 1 is 0.909 bits per heavy atom. The van der Waals surface area contributed by atoms with Crippen LogP contribution in [-0.2, 0) is 0 Å².